The lowest BCUT2D eigenvalue weighted by molar-refractivity contribution is 0.0955. The normalized spacial score (nSPS) is 13.4. The highest BCUT2D eigenvalue weighted by atomic mass is 32.2. The Kier molecular flexibility index (Phi) is 8.23. The molecular weight excluding hydrogens is 508 g/mol. The summed E-state index contributed by atoms with van der Waals surface area (Å²) in [5, 5.41) is 11.3. The average molecular weight is 545 g/mol. The first-order chi connectivity index (χ1) is 17.6. The van der Waals surface area contributed by atoms with E-state index >= 15 is 0 Å². The third kappa shape index (κ3) is 6.16. The van der Waals surface area contributed by atoms with Crippen molar-refractivity contribution < 1.29 is 27.3 Å². The topological polar surface area (TPSA) is 140 Å². The lowest BCUT2D eigenvalue weighted by Gasteiger charge is -2.26. The molecule has 1 heterocycles. The van der Waals surface area contributed by atoms with Crippen LogP contribution in [0.2, 0.25) is 0 Å². The fourth-order valence-corrected chi connectivity index (χ4v) is 5.28. The minimum absolute atomic E-state index is 0.0904. The number of carbonyl (C=O) groups is 2. The SMILES string of the molecule is CCOc1cc(C(=O)CN2Cc3cc(N(C)C)c(C(=O)NC)cc3C2=N)cc(C(C)(C)C)c1CS(=O)(=O)O. The Balaban J connectivity index is 1.99. The average Bonchev–Trinajstić information content (AvgIpc) is 3.11. The minimum atomic E-state index is -4.35. The van der Waals surface area contributed by atoms with Crippen LogP contribution >= 0.6 is 0 Å². The Morgan fingerprint density at radius 3 is 2.37 bits per heavy atom. The summed E-state index contributed by atoms with van der Waals surface area (Å²) in [5.41, 5.74) is 3.27. The quantitative estimate of drug-likeness (QED) is 0.323. The van der Waals surface area contributed by atoms with Crippen molar-refractivity contribution in [2.45, 2.75) is 45.4 Å². The Bertz CT molecular complexity index is 1390. The zero-order valence-electron chi connectivity index (χ0n) is 22.9. The number of hydrogen-bond acceptors (Lipinski definition) is 7. The van der Waals surface area contributed by atoms with Crippen LogP contribution in [0.25, 0.3) is 0 Å². The summed E-state index contributed by atoms with van der Waals surface area (Å²) < 4.78 is 38.8. The minimum Gasteiger partial charge on any atom is -0.494 e. The second-order valence-corrected chi connectivity index (χ2v) is 12.0. The summed E-state index contributed by atoms with van der Waals surface area (Å²) in [6, 6.07) is 6.70. The van der Waals surface area contributed by atoms with Crippen molar-refractivity contribution in [3.63, 3.8) is 0 Å². The van der Waals surface area contributed by atoms with Crippen molar-refractivity contribution in [2.75, 3.05) is 39.2 Å². The summed E-state index contributed by atoms with van der Waals surface area (Å²) in [5.74, 6) is -0.787. The zero-order chi connectivity index (χ0) is 28.6. The molecule has 1 aliphatic heterocycles. The first-order valence-electron chi connectivity index (χ1n) is 12.3. The van der Waals surface area contributed by atoms with E-state index in [1.807, 2.05) is 45.8 Å². The fourth-order valence-electron chi connectivity index (χ4n) is 4.62. The predicted molar refractivity (Wildman–Crippen MR) is 147 cm³/mol. The van der Waals surface area contributed by atoms with Crippen molar-refractivity contribution in [1.82, 2.24) is 10.2 Å². The second-order valence-electron chi connectivity index (χ2n) is 10.5. The maximum Gasteiger partial charge on any atom is 0.269 e. The number of benzene rings is 2. The summed E-state index contributed by atoms with van der Waals surface area (Å²) in [4.78, 5) is 29.4. The molecule has 3 N–H and O–H groups in total. The largest absolute Gasteiger partial charge is 0.494 e. The number of amidine groups is 1. The molecule has 0 atom stereocenters. The highest BCUT2D eigenvalue weighted by molar-refractivity contribution is 7.85. The number of rotatable bonds is 9. The molecule has 10 nitrogen and oxygen atoms in total. The molecule has 3 rings (SSSR count). The highest BCUT2D eigenvalue weighted by Crippen LogP contribution is 2.36. The lowest BCUT2D eigenvalue weighted by Crippen LogP contribution is -2.30. The van der Waals surface area contributed by atoms with Gasteiger partial charge in [-0.1, -0.05) is 20.8 Å². The van der Waals surface area contributed by atoms with E-state index in [0.717, 1.165) is 11.3 Å². The molecule has 11 heteroatoms. The van der Waals surface area contributed by atoms with Gasteiger partial charge in [-0.15, -0.1) is 0 Å². The molecule has 0 bridgehead atoms. The number of nitrogens with one attached hydrogen (secondary N) is 2. The molecule has 0 saturated heterocycles. The number of Topliss-reactive ketones (excluding diaryl/α,β-unsaturated/α-hetero) is 1. The van der Waals surface area contributed by atoms with Gasteiger partial charge in [-0.05, 0) is 47.7 Å². The molecule has 1 aliphatic rings. The van der Waals surface area contributed by atoms with Crippen molar-refractivity contribution in [3.8, 4) is 5.75 Å². The van der Waals surface area contributed by atoms with Gasteiger partial charge in [0.05, 0.1) is 18.7 Å². The first-order valence-corrected chi connectivity index (χ1v) is 13.9. The number of hydrogen-bond donors (Lipinski definition) is 3. The van der Waals surface area contributed by atoms with Crippen LogP contribution < -0.4 is 15.0 Å². The van der Waals surface area contributed by atoms with Crippen molar-refractivity contribution in [1.29, 1.82) is 5.41 Å². The molecule has 0 spiro atoms. The van der Waals surface area contributed by atoms with Crippen molar-refractivity contribution >= 4 is 33.3 Å². The number of ether oxygens (including phenoxy) is 1. The summed E-state index contributed by atoms with van der Waals surface area (Å²) in [6.45, 7) is 7.90. The molecule has 0 aliphatic carbocycles. The maximum absolute atomic E-state index is 13.5. The van der Waals surface area contributed by atoms with E-state index < -0.39 is 21.3 Å². The fraction of sp³-hybridized carbons (Fsp3) is 0.444. The third-order valence-corrected chi connectivity index (χ3v) is 7.06. The van der Waals surface area contributed by atoms with Crippen LogP contribution in [0.3, 0.4) is 0 Å². The molecular formula is C27H36N4O6S. The van der Waals surface area contributed by atoms with Gasteiger partial charge >= 0.3 is 0 Å². The number of anilines is 1. The van der Waals surface area contributed by atoms with Gasteiger partial charge in [0.15, 0.2) is 5.78 Å². The van der Waals surface area contributed by atoms with Crippen LogP contribution in [0.4, 0.5) is 5.69 Å². The smallest absolute Gasteiger partial charge is 0.269 e. The molecule has 0 unspecified atom stereocenters. The Labute approximate surface area is 224 Å². The molecule has 0 fully saturated rings. The standard InChI is InChI=1S/C27H36N4O6S/c1-8-37-24-11-16(9-21(27(2,3)4)20(24)15-38(34,35)36)23(32)14-31-13-17-10-22(30(6)7)19(26(33)29-5)12-18(17)25(31)28/h9-12,28H,8,13-15H2,1-7H3,(H,29,33)(H,34,35,36). The maximum atomic E-state index is 13.5. The summed E-state index contributed by atoms with van der Waals surface area (Å²) in [6.07, 6.45) is 0. The monoisotopic (exact) mass is 544 g/mol. The Morgan fingerprint density at radius 2 is 1.84 bits per heavy atom. The van der Waals surface area contributed by atoms with Gasteiger partial charge in [0.1, 0.15) is 17.3 Å². The van der Waals surface area contributed by atoms with Crippen LogP contribution in [0, 0.1) is 5.41 Å². The van der Waals surface area contributed by atoms with E-state index in [-0.39, 0.29) is 36.4 Å². The van der Waals surface area contributed by atoms with Crippen LogP contribution in [0.15, 0.2) is 24.3 Å². The molecule has 2 aromatic carbocycles. The second kappa shape index (κ2) is 10.7. The van der Waals surface area contributed by atoms with Gasteiger partial charge in [0, 0.05) is 50.1 Å². The summed E-state index contributed by atoms with van der Waals surface area (Å²) >= 11 is 0. The number of ketones is 1. The van der Waals surface area contributed by atoms with E-state index in [1.54, 1.807) is 31.0 Å². The Hall–Kier alpha value is -3.44. The van der Waals surface area contributed by atoms with E-state index in [9.17, 15) is 22.6 Å². The van der Waals surface area contributed by atoms with E-state index in [4.69, 9.17) is 10.1 Å². The van der Waals surface area contributed by atoms with Gasteiger partial charge < -0.3 is 19.9 Å². The molecule has 1 amide bonds. The molecule has 0 saturated carbocycles. The van der Waals surface area contributed by atoms with E-state index in [1.165, 1.54) is 6.07 Å². The van der Waals surface area contributed by atoms with E-state index in [0.29, 0.717) is 34.4 Å². The van der Waals surface area contributed by atoms with Gasteiger partial charge in [-0.2, -0.15) is 8.42 Å². The molecule has 0 aromatic heterocycles. The van der Waals surface area contributed by atoms with Gasteiger partial charge in [0.2, 0.25) is 0 Å². The highest BCUT2D eigenvalue weighted by Gasteiger charge is 2.31. The number of carbonyl (C=O) groups excluding carboxylic acids is 2. The van der Waals surface area contributed by atoms with Gasteiger partial charge in [-0.3, -0.25) is 19.6 Å². The molecule has 206 valence electrons. The number of fused-ring (bicyclic) bond motifs is 1. The van der Waals surface area contributed by atoms with Gasteiger partial charge in [0.25, 0.3) is 16.0 Å². The first kappa shape index (κ1) is 29.1. The predicted octanol–water partition coefficient (Wildman–Crippen LogP) is 3.22. The van der Waals surface area contributed by atoms with Crippen LogP contribution in [0.5, 0.6) is 5.75 Å². The van der Waals surface area contributed by atoms with Crippen LogP contribution in [-0.2, 0) is 27.8 Å². The van der Waals surface area contributed by atoms with Crippen molar-refractivity contribution in [3.05, 3.63) is 57.6 Å². The van der Waals surface area contributed by atoms with Crippen LogP contribution in [0.1, 0.15) is 70.7 Å². The van der Waals surface area contributed by atoms with Gasteiger partial charge in [-0.25, -0.2) is 0 Å². The van der Waals surface area contributed by atoms with Crippen molar-refractivity contribution in [2.24, 2.45) is 0 Å². The van der Waals surface area contributed by atoms with E-state index in [2.05, 4.69) is 5.32 Å². The Morgan fingerprint density at radius 1 is 1.18 bits per heavy atom. The molecule has 2 aromatic rings. The summed E-state index contributed by atoms with van der Waals surface area (Å²) in [7, 11) is 0.880. The number of amides is 1. The molecule has 0 radical (unpaired) electrons. The van der Waals surface area contributed by atoms with Crippen LogP contribution in [-0.4, -0.2) is 69.7 Å². The lowest BCUT2D eigenvalue weighted by atomic mass is 9.82. The zero-order valence-corrected chi connectivity index (χ0v) is 23.7. The third-order valence-electron chi connectivity index (χ3n) is 6.41. The number of nitrogens with zero attached hydrogens (tertiary/aromatic N) is 2. The molecule has 38 heavy (non-hydrogen) atoms.